The smallest absolute Gasteiger partial charge is 0.288 e. The molecule has 0 amide bonds. The van der Waals surface area contributed by atoms with Gasteiger partial charge >= 0.3 is 5.92 Å². The lowest BCUT2D eigenvalue weighted by molar-refractivity contribution is -0.153. The summed E-state index contributed by atoms with van der Waals surface area (Å²) in [6, 6.07) is 10.3. The molecule has 98 valence electrons. The Balaban J connectivity index is 2.60. The molecule has 0 aliphatic heterocycles. The Morgan fingerprint density at radius 3 is 2.32 bits per heavy atom. The highest BCUT2D eigenvalue weighted by Crippen LogP contribution is 2.34. The molecule has 0 atom stereocenters. The molecule has 2 rings (SSSR count). The van der Waals surface area contributed by atoms with Crippen LogP contribution in [0.5, 0.6) is 0 Å². The fraction of sp³-hybridized carbons (Fsp3) is 0.143. The van der Waals surface area contributed by atoms with Crippen LogP contribution in [0.3, 0.4) is 0 Å². The molecule has 0 spiro atoms. The molecule has 0 bridgehead atoms. The summed E-state index contributed by atoms with van der Waals surface area (Å²) in [4.78, 5) is 22.2. The van der Waals surface area contributed by atoms with Crippen molar-refractivity contribution in [1.82, 2.24) is 0 Å². The lowest BCUT2D eigenvalue weighted by Crippen LogP contribution is -2.33. The predicted molar refractivity (Wildman–Crippen MR) is 63.8 cm³/mol. The van der Waals surface area contributed by atoms with Crippen molar-refractivity contribution in [2.24, 2.45) is 0 Å². The summed E-state index contributed by atoms with van der Waals surface area (Å²) >= 11 is 0. The van der Waals surface area contributed by atoms with Crippen molar-refractivity contribution in [3.8, 4) is 0 Å². The van der Waals surface area contributed by atoms with Gasteiger partial charge in [0.2, 0.25) is 5.78 Å². The van der Waals surface area contributed by atoms with Crippen LogP contribution in [0, 0.1) is 0 Å². The molecule has 0 radical (unpaired) electrons. The van der Waals surface area contributed by atoms with E-state index < -0.39 is 29.7 Å². The van der Waals surface area contributed by atoms with Gasteiger partial charge in [0.05, 0.1) is 0 Å². The van der Waals surface area contributed by atoms with Crippen LogP contribution >= 0.6 is 0 Å². The van der Waals surface area contributed by atoms with Crippen LogP contribution in [0.25, 0.3) is 10.8 Å². The molecular weight excluding hydrogens is 257 g/mol. The molecule has 2 aromatic rings. The maximum Gasteiger partial charge on any atom is 0.338 e. The van der Waals surface area contributed by atoms with Crippen LogP contribution < -0.4 is 0 Å². The SMILES string of the molecule is O=C(CF)C(=O)C(F)(F)c1cccc2ccccc12. The van der Waals surface area contributed by atoms with Crippen LogP contribution in [-0.2, 0) is 15.5 Å². The van der Waals surface area contributed by atoms with E-state index in [1.807, 2.05) is 0 Å². The number of hydrogen-bond donors (Lipinski definition) is 0. The average Bonchev–Trinajstić information content (AvgIpc) is 2.44. The van der Waals surface area contributed by atoms with Crippen LogP contribution in [0.2, 0.25) is 0 Å². The van der Waals surface area contributed by atoms with Gasteiger partial charge in [0.25, 0.3) is 5.78 Å². The molecule has 0 fully saturated rings. The zero-order valence-electron chi connectivity index (χ0n) is 9.70. The van der Waals surface area contributed by atoms with E-state index in [1.165, 1.54) is 12.1 Å². The zero-order valence-corrected chi connectivity index (χ0v) is 9.70. The molecule has 0 aliphatic carbocycles. The summed E-state index contributed by atoms with van der Waals surface area (Å²) in [5.74, 6) is -7.77. The lowest BCUT2D eigenvalue weighted by Gasteiger charge is -2.16. The molecule has 0 saturated carbocycles. The number of halogens is 3. The topological polar surface area (TPSA) is 34.1 Å². The third-order valence-corrected chi connectivity index (χ3v) is 2.79. The van der Waals surface area contributed by atoms with E-state index in [9.17, 15) is 22.8 Å². The third kappa shape index (κ3) is 2.23. The van der Waals surface area contributed by atoms with Gasteiger partial charge in [-0.15, -0.1) is 0 Å². The van der Waals surface area contributed by atoms with Crippen LogP contribution in [0.4, 0.5) is 13.2 Å². The number of Topliss-reactive ketones (excluding diaryl/α,β-unsaturated/α-hetero) is 2. The van der Waals surface area contributed by atoms with Crippen LogP contribution in [-0.4, -0.2) is 18.2 Å². The highest BCUT2D eigenvalue weighted by atomic mass is 19.3. The molecule has 0 N–H and O–H groups in total. The van der Waals surface area contributed by atoms with E-state index in [-0.39, 0.29) is 5.39 Å². The maximum absolute atomic E-state index is 14.0. The quantitative estimate of drug-likeness (QED) is 0.797. The highest BCUT2D eigenvalue weighted by Gasteiger charge is 2.45. The number of alkyl halides is 3. The number of fused-ring (bicyclic) bond motifs is 1. The van der Waals surface area contributed by atoms with Crippen molar-refractivity contribution in [1.29, 1.82) is 0 Å². The Hall–Kier alpha value is -2.17. The first-order valence-electron chi connectivity index (χ1n) is 5.48. The Morgan fingerprint density at radius 1 is 1.00 bits per heavy atom. The average molecular weight is 266 g/mol. The standard InChI is InChI=1S/C14H9F3O2/c15-8-12(18)13(19)14(16,17)11-7-3-5-9-4-1-2-6-10(9)11/h1-7H,8H2. The van der Waals surface area contributed by atoms with E-state index in [1.54, 1.807) is 24.3 Å². The third-order valence-electron chi connectivity index (χ3n) is 2.79. The Kier molecular flexibility index (Phi) is 3.38. The number of carbonyl (C=O) groups is 2. The second kappa shape index (κ2) is 4.84. The molecule has 0 aliphatic rings. The van der Waals surface area contributed by atoms with E-state index in [0.29, 0.717) is 5.39 Å². The molecular formula is C14H9F3O2. The summed E-state index contributed by atoms with van der Waals surface area (Å²) in [5.41, 5.74) is -0.586. The second-order valence-corrected chi connectivity index (χ2v) is 3.99. The number of rotatable bonds is 4. The molecule has 2 aromatic carbocycles. The van der Waals surface area contributed by atoms with E-state index in [4.69, 9.17) is 0 Å². The van der Waals surface area contributed by atoms with Crippen LogP contribution in [0.1, 0.15) is 5.56 Å². The highest BCUT2D eigenvalue weighted by molar-refractivity contribution is 6.40. The first-order valence-corrected chi connectivity index (χ1v) is 5.48. The van der Waals surface area contributed by atoms with Gasteiger partial charge < -0.3 is 0 Å². The van der Waals surface area contributed by atoms with Crippen molar-refractivity contribution in [3.05, 3.63) is 48.0 Å². The normalized spacial score (nSPS) is 11.5. The van der Waals surface area contributed by atoms with Gasteiger partial charge in [-0.05, 0) is 10.8 Å². The Bertz CT molecular complexity index is 645. The van der Waals surface area contributed by atoms with Crippen molar-refractivity contribution in [2.75, 3.05) is 6.67 Å². The summed E-state index contributed by atoms with van der Waals surface area (Å²) in [6.07, 6.45) is 0. The molecule has 5 heteroatoms. The fourth-order valence-electron chi connectivity index (χ4n) is 1.86. The van der Waals surface area contributed by atoms with Gasteiger partial charge in [0, 0.05) is 5.56 Å². The predicted octanol–water partition coefficient (Wildman–Crippen LogP) is 3.04. The van der Waals surface area contributed by atoms with E-state index in [0.717, 1.165) is 6.07 Å². The monoisotopic (exact) mass is 266 g/mol. The molecule has 0 unspecified atom stereocenters. The summed E-state index contributed by atoms with van der Waals surface area (Å²) < 4.78 is 40.1. The number of ketones is 2. The largest absolute Gasteiger partial charge is 0.338 e. The summed E-state index contributed by atoms with van der Waals surface area (Å²) in [5, 5.41) is 0.676. The van der Waals surface area contributed by atoms with E-state index >= 15 is 0 Å². The molecule has 0 saturated heterocycles. The molecule has 2 nitrogen and oxygen atoms in total. The van der Waals surface area contributed by atoms with Gasteiger partial charge in [0.15, 0.2) is 6.67 Å². The number of benzene rings is 2. The summed E-state index contributed by atoms with van der Waals surface area (Å²) in [6.45, 7) is -1.72. The van der Waals surface area contributed by atoms with Gasteiger partial charge in [0.1, 0.15) is 0 Å². The van der Waals surface area contributed by atoms with Gasteiger partial charge in [-0.1, -0.05) is 42.5 Å². The van der Waals surface area contributed by atoms with Crippen molar-refractivity contribution < 1.29 is 22.8 Å². The van der Waals surface area contributed by atoms with Gasteiger partial charge in [-0.3, -0.25) is 9.59 Å². The molecule has 19 heavy (non-hydrogen) atoms. The zero-order chi connectivity index (χ0) is 14.0. The summed E-state index contributed by atoms with van der Waals surface area (Å²) in [7, 11) is 0. The number of hydrogen-bond acceptors (Lipinski definition) is 2. The van der Waals surface area contributed by atoms with Crippen molar-refractivity contribution in [2.45, 2.75) is 5.92 Å². The van der Waals surface area contributed by atoms with Gasteiger partial charge in [-0.2, -0.15) is 8.78 Å². The molecule has 0 aromatic heterocycles. The Morgan fingerprint density at radius 2 is 1.63 bits per heavy atom. The minimum absolute atomic E-state index is 0.162. The number of carbonyl (C=O) groups excluding carboxylic acids is 2. The van der Waals surface area contributed by atoms with Crippen molar-refractivity contribution in [3.63, 3.8) is 0 Å². The molecule has 0 heterocycles. The lowest BCUT2D eigenvalue weighted by atomic mass is 9.96. The Labute approximate surface area is 106 Å². The minimum atomic E-state index is -4.02. The first-order chi connectivity index (χ1) is 8.98. The minimum Gasteiger partial charge on any atom is -0.288 e. The van der Waals surface area contributed by atoms with Crippen LogP contribution in [0.15, 0.2) is 42.5 Å². The fourth-order valence-corrected chi connectivity index (χ4v) is 1.86. The maximum atomic E-state index is 14.0. The second-order valence-electron chi connectivity index (χ2n) is 3.99. The van der Waals surface area contributed by atoms with E-state index in [2.05, 4.69) is 0 Å². The van der Waals surface area contributed by atoms with Crippen molar-refractivity contribution >= 4 is 22.3 Å². The van der Waals surface area contributed by atoms with Gasteiger partial charge in [-0.25, -0.2) is 4.39 Å². The first kappa shape index (κ1) is 13.3.